The smallest absolute Gasteiger partial charge is 0.321 e. The maximum atomic E-state index is 10.9. The number of nitrogens with zero attached hydrogens (tertiary/aromatic N) is 1. The van der Waals surface area contributed by atoms with Gasteiger partial charge < -0.3 is 5.11 Å². The normalized spacial score (nSPS) is 15.8. The van der Waals surface area contributed by atoms with E-state index in [2.05, 4.69) is 0 Å². The summed E-state index contributed by atoms with van der Waals surface area (Å²) < 4.78 is 0. The summed E-state index contributed by atoms with van der Waals surface area (Å²) in [5.41, 5.74) is 0. The molecule has 0 rings (SSSR count). The van der Waals surface area contributed by atoms with Gasteiger partial charge in [-0.05, 0) is 5.92 Å². The number of rotatable bonds is 6. The summed E-state index contributed by atoms with van der Waals surface area (Å²) in [6.45, 7) is 3.83. The molecule has 0 bridgehead atoms. The Morgan fingerprint density at radius 1 is 1.46 bits per heavy atom. The summed E-state index contributed by atoms with van der Waals surface area (Å²) in [4.78, 5) is 12.4. The molecule has 0 amide bonds. The Labute approximate surface area is 88.6 Å². The minimum Gasteiger partial charge on any atom is -0.480 e. The zero-order valence-corrected chi connectivity index (χ0v) is 9.35. The first-order valence-electron chi connectivity index (χ1n) is 4.17. The molecule has 3 nitrogen and oxygen atoms in total. The molecule has 2 atom stereocenters. The number of carbonyl (C=O) groups is 1. The lowest BCUT2D eigenvalue weighted by atomic mass is 9.98. The Morgan fingerprint density at radius 3 is 2.15 bits per heavy atom. The molecule has 78 valence electrons. The molecule has 2 unspecified atom stereocenters. The van der Waals surface area contributed by atoms with Gasteiger partial charge in [-0.25, -0.2) is 0 Å². The van der Waals surface area contributed by atoms with E-state index in [1.165, 1.54) is 4.90 Å². The van der Waals surface area contributed by atoms with Crippen LogP contribution in [0.1, 0.15) is 20.3 Å². The highest BCUT2D eigenvalue weighted by atomic mass is 35.5. The maximum absolute atomic E-state index is 10.9. The summed E-state index contributed by atoms with van der Waals surface area (Å²) in [6.07, 6.45) is 0.793. The quantitative estimate of drug-likeness (QED) is 0.559. The number of alkyl halides is 2. The molecule has 0 aliphatic heterocycles. The Morgan fingerprint density at radius 2 is 1.92 bits per heavy atom. The van der Waals surface area contributed by atoms with Crippen molar-refractivity contribution in [3.8, 4) is 0 Å². The van der Waals surface area contributed by atoms with Crippen molar-refractivity contribution < 1.29 is 9.90 Å². The summed E-state index contributed by atoms with van der Waals surface area (Å²) in [5, 5.41) is 8.95. The first kappa shape index (κ1) is 13.0. The number of halogens is 2. The molecule has 0 saturated heterocycles. The lowest BCUT2D eigenvalue weighted by molar-refractivity contribution is -0.144. The van der Waals surface area contributed by atoms with Crippen LogP contribution in [-0.4, -0.2) is 34.0 Å². The molecule has 1 N–H and O–H groups in total. The van der Waals surface area contributed by atoms with Crippen molar-refractivity contribution in [1.29, 1.82) is 0 Å². The van der Waals surface area contributed by atoms with Crippen LogP contribution >= 0.6 is 23.2 Å². The molecule has 0 aromatic heterocycles. The van der Waals surface area contributed by atoms with E-state index in [9.17, 15) is 4.79 Å². The van der Waals surface area contributed by atoms with E-state index in [0.717, 1.165) is 6.42 Å². The van der Waals surface area contributed by atoms with E-state index in [1.807, 2.05) is 13.8 Å². The third-order valence-corrected chi connectivity index (χ3v) is 2.75. The van der Waals surface area contributed by atoms with E-state index in [4.69, 9.17) is 28.3 Å². The molecule has 0 aliphatic rings. The standard InChI is InChI=1S/C8H15Cl2NO2/c1-3-6(2)7(8(12)13)11(4-9)5-10/h6-7H,3-5H2,1-2H3,(H,12,13). The zero-order valence-electron chi connectivity index (χ0n) is 7.83. The van der Waals surface area contributed by atoms with Gasteiger partial charge in [0.1, 0.15) is 6.04 Å². The molecule has 13 heavy (non-hydrogen) atoms. The van der Waals surface area contributed by atoms with Gasteiger partial charge in [0.2, 0.25) is 0 Å². The molecule has 0 aliphatic carbocycles. The average molecular weight is 228 g/mol. The van der Waals surface area contributed by atoms with Gasteiger partial charge in [0, 0.05) is 0 Å². The van der Waals surface area contributed by atoms with Crippen molar-refractivity contribution in [1.82, 2.24) is 4.90 Å². The van der Waals surface area contributed by atoms with Crippen LogP contribution in [0.25, 0.3) is 0 Å². The number of carboxylic acid groups (broad SMARTS) is 1. The fraction of sp³-hybridized carbons (Fsp3) is 0.875. The fourth-order valence-electron chi connectivity index (χ4n) is 1.16. The summed E-state index contributed by atoms with van der Waals surface area (Å²) in [6, 6.07) is -0.296. The van der Waals surface area contributed by atoms with Gasteiger partial charge in [-0.1, -0.05) is 20.3 Å². The number of hydrogen-bond donors (Lipinski definition) is 1. The molecule has 5 heteroatoms. The SMILES string of the molecule is CCC(C)C(C(=O)O)N(CCl)CCl. The Kier molecular flexibility index (Phi) is 6.47. The average Bonchev–Trinajstić information content (AvgIpc) is 2.12. The first-order chi connectivity index (χ1) is 6.08. The molecular weight excluding hydrogens is 213 g/mol. The Bertz CT molecular complexity index is 162. The van der Waals surface area contributed by atoms with Crippen molar-refractivity contribution in [2.24, 2.45) is 5.92 Å². The number of aliphatic carboxylic acids is 1. The lowest BCUT2D eigenvalue weighted by Crippen LogP contribution is -2.44. The minimum atomic E-state index is -0.865. The maximum Gasteiger partial charge on any atom is 0.321 e. The summed E-state index contributed by atoms with van der Waals surface area (Å²) in [7, 11) is 0. The van der Waals surface area contributed by atoms with Crippen molar-refractivity contribution in [2.45, 2.75) is 26.3 Å². The van der Waals surface area contributed by atoms with E-state index < -0.39 is 12.0 Å². The second kappa shape index (κ2) is 6.46. The lowest BCUT2D eigenvalue weighted by Gasteiger charge is -2.28. The van der Waals surface area contributed by atoms with Crippen LogP contribution in [0, 0.1) is 5.92 Å². The van der Waals surface area contributed by atoms with E-state index in [0.29, 0.717) is 0 Å². The molecule has 0 aromatic rings. The highest BCUT2D eigenvalue weighted by Gasteiger charge is 2.28. The van der Waals surface area contributed by atoms with Crippen LogP contribution in [0.3, 0.4) is 0 Å². The van der Waals surface area contributed by atoms with E-state index >= 15 is 0 Å². The molecular formula is C8H15Cl2NO2. The van der Waals surface area contributed by atoms with Crippen molar-refractivity contribution in [3.05, 3.63) is 0 Å². The molecule has 0 fully saturated rings. The van der Waals surface area contributed by atoms with Gasteiger partial charge in [-0.15, -0.1) is 23.2 Å². The van der Waals surface area contributed by atoms with Crippen molar-refractivity contribution in [3.63, 3.8) is 0 Å². The van der Waals surface area contributed by atoms with Crippen LogP contribution in [0.15, 0.2) is 0 Å². The fourth-order valence-corrected chi connectivity index (χ4v) is 1.72. The Balaban J connectivity index is 4.47. The first-order valence-corrected chi connectivity index (χ1v) is 5.24. The van der Waals surface area contributed by atoms with Crippen LogP contribution < -0.4 is 0 Å². The van der Waals surface area contributed by atoms with Gasteiger partial charge in [0.15, 0.2) is 0 Å². The highest BCUT2D eigenvalue weighted by molar-refractivity contribution is 6.20. The van der Waals surface area contributed by atoms with E-state index in [-0.39, 0.29) is 17.9 Å². The zero-order chi connectivity index (χ0) is 10.4. The number of hydrogen-bond acceptors (Lipinski definition) is 2. The molecule has 0 heterocycles. The predicted octanol–water partition coefficient (Wildman–Crippen LogP) is 2.18. The second-order valence-corrected chi connectivity index (χ2v) is 3.47. The van der Waals surface area contributed by atoms with Crippen molar-refractivity contribution >= 4 is 29.2 Å². The molecule has 0 aromatic carbocycles. The monoisotopic (exact) mass is 227 g/mol. The van der Waals surface area contributed by atoms with E-state index in [1.54, 1.807) is 0 Å². The van der Waals surface area contributed by atoms with Gasteiger partial charge in [-0.3, -0.25) is 9.69 Å². The van der Waals surface area contributed by atoms with Crippen LogP contribution in [-0.2, 0) is 4.79 Å². The van der Waals surface area contributed by atoms with Gasteiger partial charge >= 0.3 is 5.97 Å². The van der Waals surface area contributed by atoms with Gasteiger partial charge in [0.25, 0.3) is 0 Å². The number of carboxylic acids is 1. The minimum absolute atomic E-state index is 0.0509. The summed E-state index contributed by atoms with van der Waals surface area (Å²) >= 11 is 11.2. The van der Waals surface area contributed by atoms with Gasteiger partial charge in [-0.2, -0.15) is 0 Å². The van der Waals surface area contributed by atoms with Gasteiger partial charge in [0.05, 0.1) is 12.0 Å². The Hall–Kier alpha value is 0.01000. The third-order valence-electron chi connectivity index (χ3n) is 2.14. The predicted molar refractivity (Wildman–Crippen MR) is 54.2 cm³/mol. The van der Waals surface area contributed by atoms with Crippen LogP contribution in [0.4, 0.5) is 0 Å². The highest BCUT2D eigenvalue weighted by Crippen LogP contribution is 2.16. The second-order valence-electron chi connectivity index (χ2n) is 3.00. The van der Waals surface area contributed by atoms with Crippen molar-refractivity contribution in [2.75, 3.05) is 12.0 Å². The third kappa shape index (κ3) is 3.71. The molecule has 0 spiro atoms. The molecule has 0 saturated carbocycles. The van der Waals surface area contributed by atoms with Crippen LogP contribution in [0.2, 0.25) is 0 Å². The molecule has 0 radical (unpaired) electrons. The largest absolute Gasteiger partial charge is 0.480 e. The topological polar surface area (TPSA) is 40.5 Å². The summed E-state index contributed by atoms with van der Waals surface area (Å²) in [5.74, 6) is -0.814. The van der Waals surface area contributed by atoms with Crippen LogP contribution in [0.5, 0.6) is 0 Å².